The van der Waals surface area contributed by atoms with Gasteiger partial charge in [-0.25, -0.2) is 0 Å². The molecule has 0 bridgehead atoms. The molecule has 0 radical (unpaired) electrons. The summed E-state index contributed by atoms with van der Waals surface area (Å²) in [6.07, 6.45) is 0. The van der Waals surface area contributed by atoms with E-state index in [-0.39, 0.29) is 11.7 Å². The van der Waals surface area contributed by atoms with Crippen molar-refractivity contribution in [3.8, 4) is 17.2 Å². The lowest BCUT2D eigenvalue weighted by Gasteiger charge is -2.00. The number of hydrogen-bond acceptors (Lipinski definition) is 7. The predicted molar refractivity (Wildman–Crippen MR) is 79.1 cm³/mol. The molecule has 0 unspecified atom stereocenters. The lowest BCUT2D eigenvalue weighted by Crippen LogP contribution is -2.06. The van der Waals surface area contributed by atoms with E-state index in [0.717, 1.165) is 11.3 Å². The second-order valence-corrected chi connectivity index (χ2v) is 5.01. The number of rotatable bonds is 7. The van der Waals surface area contributed by atoms with E-state index < -0.39 is 0 Å². The first-order valence-corrected chi connectivity index (χ1v) is 7.58. The standard InChI is InChI=1S/C14H16N2O4S/c1-3-19-13(17)9-21-8-12-15-16-14(20-12)10-4-6-11(18-2)7-5-10/h4-7H,3,8-9H2,1-2H3. The van der Waals surface area contributed by atoms with Crippen molar-refractivity contribution in [2.24, 2.45) is 0 Å². The van der Waals surface area contributed by atoms with Gasteiger partial charge in [0.1, 0.15) is 5.75 Å². The van der Waals surface area contributed by atoms with Crippen molar-refractivity contribution in [1.82, 2.24) is 10.2 Å². The summed E-state index contributed by atoms with van der Waals surface area (Å²) in [6, 6.07) is 7.35. The van der Waals surface area contributed by atoms with Crippen LogP contribution in [0, 0.1) is 0 Å². The van der Waals surface area contributed by atoms with Gasteiger partial charge >= 0.3 is 5.97 Å². The summed E-state index contributed by atoms with van der Waals surface area (Å²) < 4.78 is 15.5. The highest BCUT2D eigenvalue weighted by molar-refractivity contribution is 7.99. The van der Waals surface area contributed by atoms with Gasteiger partial charge in [0.2, 0.25) is 11.8 Å². The smallest absolute Gasteiger partial charge is 0.315 e. The van der Waals surface area contributed by atoms with Crippen LogP contribution in [0.2, 0.25) is 0 Å². The zero-order chi connectivity index (χ0) is 15.1. The first-order valence-electron chi connectivity index (χ1n) is 6.43. The molecule has 0 spiro atoms. The van der Waals surface area contributed by atoms with Gasteiger partial charge in [-0.1, -0.05) is 0 Å². The molecule has 21 heavy (non-hydrogen) atoms. The molecule has 0 aliphatic carbocycles. The van der Waals surface area contributed by atoms with Crippen LogP contribution in [0.4, 0.5) is 0 Å². The Kier molecular flexibility index (Phi) is 5.62. The maximum atomic E-state index is 11.2. The van der Waals surface area contributed by atoms with E-state index in [1.807, 2.05) is 24.3 Å². The monoisotopic (exact) mass is 308 g/mol. The minimum atomic E-state index is -0.239. The average molecular weight is 308 g/mol. The third-order valence-electron chi connectivity index (χ3n) is 2.55. The van der Waals surface area contributed by atoms with Gasteiger partial charge in [-0.15, -0.1) is 22.0 Å². The van der Waals surface area contributed by atoms with Crippen molar-refractivity contribution in [2.75, 3.05) is 19.5 Å². The molecule has 0 fully saturated rings. The van der Waals surface area contributed by atoms with Gasteiger partial charge in [-0.2, -0.15) is 0 Å². The molecule has 1 heterocycles. The van der Waals surface area contributed by atoms with E-state index in [2.05, 4.69) is 10.2 Å². The fraction of sp³-hybridized carbons (Fsp3) is 0.357. The normalized spacial score (nSPS) is 10.4. The molecule has 0 saturated heterocycles. The van der Waals surface area contributed by atoms with E-state index in [4.69, 9.17) is 13.9 Å². The summed E-state index contributed by atoms with van der Waals surface area (Å²) in [5.74, 6) is 2.20. The fourth-order valence-electron chi connectivity index (χ4n) is 1.59. The Labute approximate surface area is 126 Å². The highest BCUT2D eigenvalue weighted by atomic mass is 32.2. The molecule has 0 aliphatic heterocycles. The third kappa shape index (κ3) is 4.49. The minimum Gasteiger partial charge on any atom is -0.497 e. The minimum absolute atomic E-state index is 0.239. The van der Waals surface area contributed by atoms with Crippen LogP contribution in [-0.2, 0) is 15.3 Å². The van der Waals surface area contributed by atoms with Crippen LogP contribution in [0.3, 0.4) is 0 Å². The van der Waals surface area contributed by atoms with Crippen LogP contribution < -0.4 is 4.74 Å². The van der Waals surface area contributed by atoms with Crippen LogP contribution >= 0.6 is 11.8 Å². The number of carbonyl (C=O) groups excluding carboxylic acids is 1. The summed E-state index contributed by atoms with van der Waals surface area (Å²) in [5.41, 5.74) is 0.824. The number of esters is 1. The van der Waals surface area contributed by atoms with Crippen molar-refractivity contribution in [2.45, 2.75) is 12.7 Å². The molecule has 1 aromatic heterocycles. The number of benzene rings is 1. The Hall–Kier alpha value is -2.02. The quantitative estimate of drug-likeness (QED) is 0.728. The second kappa shape index (κ2) is 7.68. The maximum Gasteiger partial charge on any atom is 0.315 e. The SMILES string of the molecule is CCOC(=O)CSCc1nnc(-c2ccc(OC)cc2)o1. The van der Waals surface area contributed by atoms with Crippen LogP contribution in [0.5, 0.6) is 5.75 Å². The number of nitrogens with zero attached hydrogens (tertiary/aromatic N) is 2. The van der Waals surface area contributed by atoms with Gasteiger partial charge < -0.3 is 13.9 Å². The molecule has 112 valence electrons. The molecular weight excluding hydrogens is 292 g/mol. The van der Waals surface area contributed by atoms with Gasteiger partial charge in [0, 0.05) is 5.56 Å². The van der Waals surface area contributed by atoms with Crippen molar-refractivity contribution < 1.29 is 18.7 Å². The lowest BCUT2D eigenvalue weighted by atomic mass is 10.2. The first kappa shape index (κ1) is 15.4. The Bertz CT molecular complexity index is 583. The van der Waals surface area contributed by atoms with Gasteiger partial charge in [0.05, 0.1) is 25.2 Å². The summed E-state index contributed by atoms with van der Waals surface area (Å²) >= 11 is 1.38. The van der Waals surface area contributed by atoms with Gasteiger partial charge in [-0.05, 0) is 31.2 Å². The van der Waals surface area contributed by atoms with E-state index in [1.54, 1.807) is 14.0 Å². The van der Waals surface area contributed by atoms with Crippen LogP contribution in [-0.4, -0.2) is 35.6 Å². The van der Waals surface area contributed by atoms with Crippen LogP contribution in [0.1, 0.15) is 12.8 Å². The number of carbonyl (C=O) groups is 1. The molecule has 0 N–H and O–H groups in total. The molecule has 0 atom stereocenters. The molecule has 0 saturated carbocycles. The zero-order valence-corrected chi connectivity index (χ0v) is 12.7. The zero-order valence-electron chi connectivity index (χ0n) is 11.9. The van der Waals surface area contributed by atoms with E-state index >= 15 is 0 Å². The topological polar surface area (TPSA) is 74.5 Å². The van der Waals surface area contributed by atoms with E-state index in [1.165, 1.54) is 11.8 Å². The van der Waals surface area contributed by atoms with Crippen molar-refractivity contribution in [1.29, 1.82) is 0 Å². The largest absolute Gasteiger partial charge is 0.497 e. The number of thioether (sulfide) groups is 1. The lowest BCUT2D eigenvalue weighted by molar-refractivity contribution is -0.139. The Morgan fingerprint density at radius 1 is 1.29 bits per heavy atom. The Morgan fingerprint density at radius 2 is 2.05 bits per heavy atom. The maximum absolute atomic E-state index is 11.2. The van der Waals surface area contributed by atoms with Crippen molar-refractivity contribution in [3.05, 3.63) is 30.2 Å². The molecule has 7 heteroatoms. The second-order valence-electron chi connectivity index (χ2n) is 4.03. The van der Waals surface area contributed by atoms with Gasteiger partial charge in [0.15, 0.2) is 0 Å². The number of aromatic nitrogens is 2. The molecule has 6 nitrogen and oxygen atoms in total. The van der Waals surface area contributed by atoms with Crippen LogP contribution in [0.15, 0.2) is 28.7 Å². The number of methoxy groups -OCH3 is 1. The summed E-state index contributed by atoms with van der Waals surface area (Å²) in [5, 5.41) is 7.95. The first-order chi connectivity index (χ1) is 10.2. The van der Waals surface area contributed by atoms with E-state index in [0.29, 0.717) is 24.1 Å². The number of ether oxygens (including phenoxy) is 2. The Balaban J connectivity index is 1.90. The molecule has 0 aliphatic rings. The molecule has 2 rings (SSSR count). The molecule has 0 amide bonds. The van der Waals surface area contributed by atoms with Gasteiger partial charge in [-0.3, -0.25) is 4.79 Å². The summed E-state index contributed by atoms with van der Waals surface area (Å²) in [4.78, 5) is 11.2. The summed E-state index contributed by atoms with van der Waals surface area (Å²) in [6.45, 7) is 2.17. The van der Waals surface area contributed by atoms with Crippen LogP contribution in [0.25, 0.3) is 11.5 Å². The molecular formula is C14H16N2O4S. The van der Waals surface area contributed by atoms with E-state index in [9.17, 15) is 4.79 Å². The van der Waals surface area contributed by atoms with Gasteiger partial charge in [0.25, 0.3) is 0 Å². The molecule has 2 aromatic rings. The average Bonchev–Trinajstić information content (AvgIpc) is 2.96. The fourth-order valence-corrected chi connectivity index (χ4v) is 2.23. The van der Waals surface area contributed by atoms with Crippen molar-refractivity contribution in [3.63, 3.8) is 0 Å². The number of hydrogen-bond donors (Lipinski definition) is 0. The predicted octanol–water partition coefficient (Wildman–Crippen LogP) is 2.54. The summed E-state index contributed by atoms with van der Waals surface area (Å²) in [7, 11) is 1.61. The highest BCUT2D eigenvalue weighted by Crippen LogP contribution is 2.22. The Morgan fingerprint density at radius 3 is 2.71 bits per heavy atom. The third-order valence-corrected chi connectivity index (χ3v) is 3.45. The highest BCUT2D eigenvalue weighted by Gasteiger charge is 2.10. The molecule has 1 aromatic carbocycles. The van der Waals surface area contributed by atoms with Crippen molar-refractivity contribution >= 4 is 17.7 Å².